The highest BCUT2D eigenvalue weighted by Gasteiger charge is 2.34. The van der Waals surface area contributed by atoms with Gasteiger partial charge < -0.3 is 9.88 Å². The molecule has 6 heteroatoms. The molecule has 1 aliphatic heterocycles. The Morgan fingerprint density at radius 2 is 2.04 bits per heavy atom. The molecular weight excluding hydrogens is 312 g/mol. The Morgan fingerprint density at radius 3 is 2.65 bits per heavy atom. The van der Waals surface area contributed by atoms with Crippen molar-refractivity contribution in [3.8, 4) is 0 Å². The maximum atomic E-state index is 12.8. The lowest BCUT2D eigenvalue weighted by Crippen LogP contribution is -2.41. The van der Waals surface area contributed by atoms with E-state index in [-0.39, 0.29) is 23.5 Å². The average Bonchev–Trinajstić information content (AvgIpc) is 3.03. The molecule has 1 aromatic heterocycles. The van der Waals surface area contributed by atoms with Crippen LogP contribution in [0.4, 0.5) is 0 Å². The number of aromatic amines is 1. The summed E-state index contributed by atoms with van der Waals surface area (Å²) in [6.07, 6.45) is 0.528. The number of aromatic nitrogens is 1. The molecule has 0 spiro atoms. The van der Waals surface area contributed by atoms with E-state index >= 15 is 0 Å². The summed E-state index contributed by atoms with van der Waals surface area (Å²) in [4.78, 5) is 17.7. The van der Waals surface area contributed by atoms with E-state index in [9.17, 15) is 13.2 Å². The van der Waals surface area contributed by atoms with E-state index in [4.69, 9.17) is 0 Å². The Balaban J connectivity index is 1.94. The Hall–Kier alpha value is -1.82. The highest BCUT2D eigenvalue weighted by atomic mass is 32.2. The number of aryl methyl sites for hydroxylation is 2. The number of rotatable bonds is 3. The molecule has 3 rings (SSSR count). The van der Waals surface area contributed by atoms with Crippen molar-refractivity contribution in [3.05, 3.63) is 35.0 Å². The van der Waals surface area contributed by atoms with Gasteiger partial charge in [-0.1, -0.05) is 6.07 Å². The van der Waals surface area contributed by atoms with Crippen LogP contribution in [0.5, 0.6) is 0 Å². The SMILES string of the molecule is CCN(C(=O)c1cc2c(C)cc(C)cc2[nH]1)C1CCS(=O)(=O)C1. The minimum Gasteiger partial charge on any atom is -0.351 e. The van der Waals surface area contributed by atoms with E-state index in [0.29, 0.717) is 18.7 Å². The molecule has 1 atom stereocenters. The zero-order valence-corrected chi connectivity index (χ0v) is 14.5. The van der Waals surface area contributed by atoms with Crippen LogP contribution in [0.15, 0.2) is 18.2 Å². The van der Waals surface area contributed by atoms with Crippen molar-refractivity contribution in [2.24, 2.45) is 0 Å². The van der Waals surface area contributed by atoms with Gasteiger partial charge in [-0.05, 0) is 50.5 Å². The number of carbonyl (C=O) groups is 1. The zero-order chi connectivity index (χ0) is 16.8. The quantitative estimate of drug-likeness (QED) is 0.937. The molecule has 2 aromatic rings. The lowest BCUT2D eigenvalue weighted by Gasteiger charge is -2.26. The summed E-state index contributed by atoms with van der Waals surface area (Å²) in [6.45, 7) is 6.45. The molecule has 0 bridgehead atoms. The molecule has 5 nitrogen and oxygen atoms in total. The van der Waals surface area contributed by atoms with E-state index in [2.05, 4.69) is 11.1 Å². The van der Waals surface area contributed by atoms with Crippen LogP contribution in [0, 0.1) is 13.8 Å². The summed E-state index contributed by atoms with van der Waals surface area (Å²) in [5, 5.41) is 1.04. The lowest BCUT2D eigenvalue weighted by molar-refractivity contribution is 0.0703. The fourth-order valence-corrected chi connectivity index (χ4v) is 5.19. The van der Waals surface area contributed by atoms with Crippen molar-refractivity contribution in [3.63, 3.8) is 0 Å². The van der Waals surface area contributed by atoms with Crippen LogP contribution in [0.25, 0.3) is 10.9 Å². The normalized spacial score (nSPS) is 20.0. The van der Waals surface area contributed by atoms with E-state index in [0.717, 1.165) is 22.0 Å². The van der Waals surface area contributed by atoms with Crippen LogP contribution in [0.1, 0.15) is 35.0 Å². The van der Waals surface area contributed by atoms with Gasteiger partial charge in [0.15, 0.2) is 9.84 Å². The molecule has 1 fully saturated rings. The number of carbonyl (C=O) groups excluding carboxylic acids is 1. The third-order valence-corrected chi connectivity index (χ3v) is 6.32. The van der Waals surface area contributed by atoms with Gasteiger partial charge in [0.05, 0.1) is 11.5 Å². The van der Waals surface area contributed by atoms with Crippen molar-refractivity contribution in [1.29, 1.82) is 0 Å². The molecule has 124 valence electrons. The van der Waals surface area contributed by atoms with Crippen molar-refractivity contribution in [1.82, 2.24) is 9.88 Å². The number of nitrogens with zero attached hydrogens (tertiary/aromatic N) is 1. The molecule has 23 heavy (non-hydrogen) atoms. The van der Waals surface area contributed by atoms with E-state index in [1.54, 1.807) is 4.90 Å². The molecule has 1 unspecified atom stereocenters. The van der Waals surface area contributed by atoms with Gasteiger partial charge in [-0.3, -0.25) is 4.79 Å². The van der Waals surface area contributed by atoms with Crippen molar-refractivity contribution >= 4 is 26.6 Å². The standard InChI is InChI=1S/C17H22N2O3S/c1-4-19(13-5-6-23(21,22)10-13)17(20)16-9-14-12(3)7-11(2)8-15(14)18-16/h7-9,13,18H,4-6,10H2,1-3H3. The van der Waals surface area contributed by atoms with Gasteiger partial charge in [0, 0.05) is 23.5 Å². The van der Waals surface area contributed by atoms with Crippen molar-refractivity contribution < 1.29 is 13.2 Å². The Bertz CT molecular complexity index is 867. The van der Waals surface area contributed by atoms with E-state index in [1.807, 2.05) is 32.9 Å². The number of hydrogen-bond donors (Lipinski definition) is 1. The Labute approximate surface area is 136 Å². The molecule has 1 aromatic carbocycles. The van der Waals surface area contributed by atoms with Gasteiger partial charge in [0.25, 0.3) is 5.91 Å². The molecule has 0 aliphatic carbocycles. The summed E-state index contributed by atoms with van der Waals surface area (Å²) in [6, 6.07) is 5.77. The van der Waals surface area contributed by atoms with Crippen LogP contribution >= 0.6 is 0 Å². The summed E-state index contributed by atoms with van der Waals surface area (Å²) in [7, 11) is -3.01. The molecule has 1 N–H and O–H groups in total. The number of hydrogen-bond acceptors (Lipinski definition) is 3. The predicted molar refractivity (Wildman–Crippen MR) is 91.5 cm³/mol. The van der Waals surface area contributed by atoms with Crippen LogP contribution in [0.2, 0.25) is 0 Å². The van der Waals surface area contributed by atoms with Crippen molar-refractivity contribution in [2.45, 2.75) is 33.2 Å². The number of nitrogens with one attached hydrogen (secondary N) is 1. The smallest absolute Gasteiger partial charge is 0.270 e. The summed E-state index contributed by atoms with van der Waals surface area (Å²) >= 11 is 0. The van der Waals surface area contributed by atoms with Crippen LogP contribution < -0.4 is 0 Å². The third-order valence-electron chi connectivity index (χ3n) is 4.57. The van der Waals surface area contributed by atoms with E-state index < -0.39 is 9.84 Å². The highest BCUT2D eigenvalue weighted by molar-refractivity contribution is 7.91. The number of amides is 1. The fourth-order valence-electron chi connectivity index (χ4n) is 3.46. The lowest BCUT2D eigenvalue weighted by atomic mass is 10.1. The first kappa shape index (κ1) is 16.1. The topological polar surface area (TPSA) is 70.2 Å². The molecule has 0 radical (unpaired) electrons. The van der Waals surface area contributed by atoms with Crippen LogP contribution in [-0.2, 0) is 9.84 Å². The highest BCUT2D eigenvalue weighted by Crippen LogP contribution is 2.24. The van der Waals surface area contributed by atoms with Gasteiger partial charge in [-0.2, -0.15) is 0 Å². The van der Waals surface area contributed by atoms with Gasteiger partial charge in [0.1, 0.15) is 5.69 Å². The zero-order valence-electron chi connectivity index (χ0n) is 13.7. The largest absolute Gasteiger partial charge is 0.351 e. The average molecular weight is 334 g/mol. The van der Waals surface area contributed by atoms with E-state index in [1.165, 1.54) is 0 Å². The second-order valence-corrected chi connectivity index (χ2v) is 8.60. The number of sulfone groups is 1. The monoisotopic (exact) mass is 334 g/mol. The molecule has 0 saturated carbocycles. The summed E-state index contributed by atoms with van der Waals surface area (Å²) < 4.78 is 23.4. The number of benzene rings is 1. The minimum atomic E-state index is -3.01. The maximum absolute atomic E-state index is 12.8. The summed E-state index contributed by atoms with van der Waals surface area (Å²) in [5.74, 6) is 0.125. The number of H-pyrrole nitrogens is 1. The Kier molecular flexibility index (Phi) is 3.96. The Morgan fingerprint density at radius 1 is 1.30 bits per heavy atom. The van der Waals surface area contributed by atoms with Crippen LogP contribution in [0.3, 0.4) is 0 Å². The van der Waals surface area contributed by atoms with Gasteiger partial charge in [-0.15, -0.1) is 0 Å². The first-order chi connectivity index (χ1) is 10.8. The van der Waals surface area contributed by atoms with Gasteiger partial charge in [0.2, 0.25) is 0 Å². The molecule has 1 aliphatic rings. The van der Waals surface area contributed by atoms with Crippen LogP contribution in [-0.4, -0.2) is 48.3 Å². The number of fused-ring (bicyclic) bond motifs is 1. The first-order valence-corrected chi connectivity index (χ1v) is 9.74. The maximum Gasteiger partial charge on any atom is 0.270 e. The minimum absolute atomic E-state index is 0.0743. The molecule has 1 amide bonds. The second kappa shape index (κ2) is 5.67. The first-order valence-electron chi connectivity index (χ1n) is 7.92. The molecule has 2 heterocycles. The predicted octanol–water partition coefficient (Wildman–Crippen LogP) is 2.43. The molecular formula is C17H22N2O3S. The molecule has 1 saturated heterocycles. The van der Waals surface area contributed by atoms with Gasteiger partial charge >= 0.3 is 0 Å². The summed E-state index contributed by atoms with van der Waals surface area (Å²) in [5.41, 5.74) is 3.74. The second-order valence-electron chi connectivity index (χ2n) is 6.37. The van der Waals surface area contributed by atoms with Crippen molar-refractivity contribution in [2.75, 3.05) is 18.1 Å². The van der Waals surface area contributed by atoms with Gasteiger partial charge in [-0.25, -0.2) is 8.42 Å². The third kappa shape index (κ3) is 3.00. The fraction of sp³-hybridized carbons (Fsp3) is 0.471.